The lowest BCUT2D eigenvalue weighted by molar-refractivity contribution is 0.318. The monoisotopic (exact) mass is 278 g/mol. The van der Waals surface area contributed by atoms with Crippen LogP contribution in [0.25, 0.3) is 0 Å². The van der Waals surface area contributed by atoms with Crippen LogP contribution in [0.3, 0.4) is 0 Å². The van der Waals surface area contributed by atoms with Gasteiger partial charge in [0.25, 0.3) is 0 Å². The van der Waals surface area contributed by atoms with E-state index in [1.165, 1.54) is 35.2 Å². The molecule has 2 aliphatic rings. The Labute approximate surface area is 126 Å². The SMILES string of the molecule is NC1(C2CCc3cccnc32)CCCCc2ccccc21. The van der Waals surface area contributed by atoms with Crippen LogP contribution in [0, 0.1) is 0 Å². The maximum atomic E-state index is 7.05. The van der Waals surface area contributed by atoms with E-state index in [1.807, 2.05) is 12.3 Å². The molecule has 0 saturated heterocycles. The van der Waals surface area contributed by atoms with Gasteiger partial charge >= 0.3 is 0 Å². The zero-order valence-corrected chi connectivity index (χ0v) is 12.4. The van der Waals surface area contributed by atoms with Gasteiger partial charge in [0.1, 0.15) is 0 Å². The molecule has 0 saturated carbocycles. The number of aryl methyl sites for hydroxylation is 2. The van der Waals surface area contributed by atoms with Crippen LogP contribution in [0.1, 0.15) is 54.0 Å². The smallest absolute Gasteiger partial charge is 0.0497 e. The molecular formula is C19H22N2. The number of aromatic nitrogens is 1. The van der Waals surface area contributed by atoms with Gasteiger partial charge in [-0.25, -0.2) is 0 Å². The van der Waals surface area contributed by atoms with Gasteiger partial charge in [0, 0.05) is 23.3 Å². The van der Waals surface area contributed by atoms with Gasteiger partial charge < -0.3 is 5.73 Å². The van der Waals surface area contributed by atoms with E-state index in [1.54, 1.807) is 0 Å². The highest BCUT2D eigenvalue weighted by Crippen LogP contribution is 2.47. The molecule has 0 spiro atoms. The van der Waals surface area contributed by atoms with Gasteiger partial charge in [-0.15, -0.1) is 0 Å². The largest absolute Gasteiger partial charge is 0.321 e. The van der Waals surface area contributed by atoms with Gasteiger partial charge in [-0.05, 0) is 54.9 Å². The highest BCUT2D eigenvalue weighted by atomic mass is 14.8. The van der Waals surface area contributed by atoms with E-state index in [0.717, 1.165) is 25.7 Å². The predicted octanol–water partition coefficient (Wildman–Crippen LogP) is 3.69. The minimum Gasteiger partial charge on any atom is -0.321 e. The van der Waals surface area contributed by atoms with Crippen molar-refractivity contribution in [2.24, 2.45) is 5.73 Å². The molecular weight excluding hydrogens is 256 g/mol. The van der Waals surface area contributed by atoms with Crippen molar-refractivity contribution >= 4 is 0 Å². The Morgan fingerprint density at radius 2 is 1.86 bits per heavy atom. The number of benzene rings is 1. The second-order valence-corrected chi connectivity index (χ2v) is 6.54. The van der Waals surface area contributed by atoms with Crippen LogP contribution in [0.4, 0.5) is 0 Å². The van der Waals surface area contributed by atoms with Crippen molar-refractivity contribution in [3.8, 4) is 0 Å². The Kier molecular flexibility index (Phi) is 3.07. The fourth-order valence-electron chi connectivity index (χ4n) is 4.34. The van der Waals surface area contributed by atoms with Gasteiger partial charge in [-0.2, -0.15) is 0 Å². The topological polar surface area (TPSA) is 38.9 Å². The molecule has 2 aromatic rings. The van der Waals surface area contributed by atoms with E-state index in [9.17, 15) is 0 Å². The second-order valence-electron chi connectivity index (χ2n) is 6.54. The van der Waals surface area contributed by atoms with Crippen molar-refractivity contribution in [2.45, 2.75) is 50.0 Å². The summed E-state index contributed by atoms with van der Waals surface area (Å²) in [6.07, 6.45) is 8.87. The summed E-state index contributed by atoms with van der Waals surface area (Å²) in [6, 6.07) is 13.1. The first-order valence-corrected chi connectivity index (χ1v) is 8.10. The quantitative estimate of drug-likeness (QED) is 0.808. The van der Waals surface area contributed by atoms with E-state index < -0.39 is 0 Å². The molecule has 2 heteroatoms. The third kappa shape index (κ3) is 2.01. The van der Waals surface area contributed by atoms with Gasteiger partial charge in [-0.3, -0.25) is 4.98 Å². The number of fused-ring (bicyclic) bond motifs is 2. The average Bonchev–Trinajstić information content (AvgIpc) is 2.89. The zero-order valence-electron chi connectivity index (χ0n) is 12.4. The number of hydrogen-bond donors (Lipinski definition) is 1. The Morgan fingerprint density at radius 1 is 1.00 bits per heavy atom. The molecule has 2 unspecified atom stereocenters. The number of pyridine rings is 1. The fourth-order valence-corrected chi connectivity index (χ4v) is 4.34. The first-order valence-electron chi connectivity index (χ1n) is 8.10. The van der Waals surface area contributed by atoms with Crippen LogP contribution >= 0.6 is 0 Å². The summed E-state index contributed by atoms with van der Waals surface area (Å²) < 4.78 is 0. The molecule has 4 rings (SSSR count). The molecule has 0 bridgehead atoms. The maximum absolute atomic E-state index is 7.05. The molecule has 0 amide bonds. The van der Waals surface area contributed by atoms with E-state index in [-0.39, 0.29) is 5.54 Å². The fraction of sp³-hybridized carbons (Fsp3) is 0.421. The molecule has 2 atom stereocenters. The van der Waals surface area contributed by atoms with E-state index >= 15 is 0 Å². The van der Waals surface area contributed by atoms with Crippen LogP contribution in [0.5, 0.6) is 0 Å². The minimum absolute atomic E-state index is 0.243. The van der Waals surface area contributed by atoms with Crippen LogP contribution in [0.2, 0.25) is 0 Å². The summed E-state index contributed by atoms with van der Waals surface area (Å²) in [4.78, 5) is 4.68. The van der Waals surface area contributed by atoms with Crippen molar-refractivity contribution in [1.29, 1.82) is 0 Å². The van der Waals surface area contributed by atoms with Gasteiger partial charge in [0.2, 0.25) is 0 Å². The number of nitrogens with two attached hydrogens (primary N) is 1. The van der Waals surface area contributed by atoms with Crippen LogP contribution in [0.15, 0.2) is 42.6 Å². The first kappa shape index (κ1) is 13.0. The first-order chi connectivity index (χ1) is 10.3. The standard InChI is InChI=1S/C19H22N2/c20-19(17-11-10-15-8-5-13-21-18(15)17)12-4-3-7-14-6-1-2-9-16(14)19/h1-2,5-6,8-9,13,17H,3-4,7,10-12,20H2. The Bertz CT molecular complexity index is 664. The molecule has 0 fully saturated rings. The molecule has 21 heavy (non-hydrogen) atoms. The van der Waals surface area contributed by atoms with Crippen LogP contribution < -0.4 is 5.73 Å². The van der Waals surface area contributed by atoms with Crippen molar-refractivity contribution < 1.29 is 0 Å². The molecule has 2 nitrogen and oxygen atoms in total. The lowest BCUT2D eigenvalue weighted by Crippen LogP contribution is -2.42. The Morgan fingerprint density at radius 3 is 2.81 bits per heavy atom. The molecule has 1 heterocycles. The van der Waals surface area contributed by atoms with Crippen molar-refractivity contribution in [3.05, 3.63) is 65.0 Å². The normalized spacial score (nSPS) is 27.8. The number of nitrogens with zero attached hydrogens (tertiary/aromatic N) is 1. The molecule has 2 aliphatic carbocycles. The van der Waals surface area contributed by atoms with Gasteiger partial charge in [0.15, 0.2) is 0 Å². The van der Waals surface area contributed by atoms with Crippen LogP contribution in [-0.2, 0) is 18.4 Å². The summed E-state index contributed by atoms with van der Waals surface area (Å²) in [5.41, 5.74) is 12.3. The predicted molar refractivity (Wildman–Crippen MR) is 85.2 cm³/mol. The van der Waals surface area contributed by atoms with Gasteiger partial charge in [0.05, 0.1) is 0 Å². The molecule has 1 aromatic carbocycles. The van der Waals surface area contributed by atoms with Crippen molar-refractivity contribution in [3.63, 3.8) is 0 Å². The lowest BCUT2D eigenvalue weighted by Gasteiger charge is -2.36. The third-order valence-electron chi connectivity index (χ3n) is 5.39. The van der Waals surface area contributed by atoms with E-state index in [0.29, 0.717) is 5.92 Å². The number of rotatable bonds is 1. The molecule has 1 aromatic heterocycles. The third-order valence-corrected chi connectivity index (χ3v) is 5.39. The summed E-state index contributed by atoms with van der Waals surface area (Å²) in [6.45, 7) is 0. The summed E-state index contributed by atoms with van der Waals surface area (Å²) in [5, 5.41) is 0. The highest BCUT2D eigenvalue weighted by Gasteiger charge is 2.43. The van der Waals surface area contributed by atoms with Crippen LogP contribution in [-0.4, -0.2) is 4.98 Å². The molecule has 0 aliphatic heterocycles. The molecule has 2 N–H and O–H groups in total. The molecule has 0 radical (unpaired) electrons. The van der Waals surface area contributed by atoms with Crippen molar-refractivity contribution in [2.75, 3.05) is 0 Å². The Balaban J connectivity index is 1.84. The highest BCUT2D eigenvalue weighted by molar-refractivity contribution is 5.41. The summed E-state index contributed by atoms with van der Waals surface area (Å²) in [7, 11) is 0. The zero-order chi connectivity index (χ0) is 14.3. The average molecular weight is 278 g/mol. The van der Waals surface area contributed by atoms with E-state index in [2.05, 4.69) is 35.3 Å². The lowest BCUT2D eigenvalue weighted by atomic mass is 9.74. The van der Waals surface area contributed by atoms with Crippen molar-refractivity contribution in [1.82, 2.24) is 4.98 Å². The Hall–Kier alpha value is -1.67. The number of hydrogen-bond acceptors (Lipinski definition) is 2. The molecule has 108 valence electrons. The minimum atomic E-state index is -0.243. The maximum Gasteiger partial charge on any atom is 0.0497 e. The summed E-state index contributed by atoms with van der Waals surface area (Å²) in [5.74, 6) is 0.368. The van der Waals surface area contributed by atoms with E-state index in [4.69, 9.17) is 5.73 Å². The second kappa shape index (κ2) is 4.96. The van der Waals surface area contributed by atoms with Gasteiger partial charge in [-0.1, -0.05) is 36.8 Å². The summed E-state index contributed by atoms with van der Waals surface area (Å²) >= 11 is 0.